The summed E-state index contributed by atoms with van der Waals surface area (Å²) in [5, 5.41) is 2.95. The predicted octanol–water partition coefficient (Wildman–Crippen LogP) is 2.52. The van der Waals surface area contributed by atoms with E-state index < -0.39 is 0 Å². The number of carbonyl (C=O) groups is 2. The zero-order chi connectivity index (χ0) is 20.4. The second kappa shape index (κ2) is 8.19. The second-order valence-corrected chi connectivity index (χ2v) is 8.08. The van der Waals surface area contributed by atoms with E-state index in [1.165, 1.54) is 5.56 Å². The van der Waals surface area contributed by atoms with Crippen molar-refractivity contribution < 1.29 is 9.59 Å². The molecule has 1 saturated carbocycles. The number of rotatable bonds is 5. The molecule has 1 aliphatic heterocycles. The van der Waals surface area contributed by atoms with Crippen LogP contribution < -0.4 is 10.2 Å². The Morgan fingerprint density at radius 1 is 1.00 bits per heavy atom. The molecule has 1 saturated heterocycles. The van der Waals surface area contributed by atoms with E-state index >= 15 is 0 Å². The average Bonchev–Trinajstić information content (AvgIpc) is 3.55. The lowest BCUT2D eigenvalue weighted by Crippen LogP contribution is -2.50. The molecule has 2 fully saturated rings. The maximum Gasteiger partial charge on any atom is 0.228 e. The molecule has 1 N–H and O–H groups in total. The molecular formula is C22H27N5O2. The van der Waals surface area contributed by atoms with Gasteiger partial charge >= 0.3 is 0 Å². The number of aromatic nitrogens is 2. The Morgan fingerprint density at radius 3 is 2.28 bits per heavy atom. The van der Waals surface area contributed by atoms with Gasteiger partial charge in [0.25, 0.3) is 0 Å². The zero-order valence-corrected chi connectivity index (χ0v) is 16.9. The highest BCUT2D eigenvalue weighted by molar-refractivity contribution is 5.99. The van der Waals surface area contributed by atoms with E-state index in [1.54, 1.807) is 18.5 Å². The van der Waals surface area contributed by atoms with Crippen molar-refractivity contribution in [1.29, 1.82) is 0 Å². The number of nitrogens with zero attached hydrogens (tertiary/aromatic N) is 4. The minimum atomic E-state index is -0.220. The monoisotopic (exact) mass is 393 g/mol. The van der Waals surface area contributed by atoms with Gasteiger partial charge in [0.2, 0.25) is 17.8 Å². The minimum Gasteiger partial charge on any atom is -0.339 e. The summed E-state index contributed by atoms with van der Waals surface area (Å²) in [6, 6.07) is 9.71. The van der Waals surface area contributed by atoms with Crippen LogP contribution in [0.3, 0.4) is 0 Å². The van der Waals surface area contributed by atoms with E-state index in [0.717, 1.165) is 5.69 Å². The van der Waals surface area contributed by atoms with Crippen LogP contribution in [0.25, 0.3) is 0 Å². The zero-order valence-electron chi connectivity index (χ0n) is 16.9. The summed E-state index contributed by atoms with van der Waals surface area (Å²) in [5.41, 5.74) is 2.02. The van der Waals surface area contributed by atoms with Gasteiger partial charge in [-0.1, -0.05) is 26.0 Å². The molecular weight excluding hydrogens is 366 g/mol. The SMILES string of the molecule is CC(C)c1ccc(NC(=O)C2CC2C(=O)N2CCN(c3ncccn3)CC2)cc1. The van der Waals surface area contributed by atoms with Crippen LogP contribution in [0.15, 0.2) is 42.7 Å². The molecule has 2 atom stereocenters. The van der Waals surface area contributed by atoms with Crippen molar-refractivity contribution >= 4 is 23.5 Å². The van der Waals surface area contributed by atoms with Crippen LogP contribution in [0, 0.1) is 11.8 Å². The lowest BCUT2D eigenvalue weighted by molar-refractivity contribution is -0.134. The summed E-state index contributed by atoms with van der Waals surface area (Å²) in [7, 11) is 0. The maximum atomic E-state index is 12.8. The molecule has 2 amide bonds. The summed E-state index contributed by atoms with van der Waals surface area (Å²) in [4.78, 5) is 37.8. The Kier molecular flexibility index (Phi) is 5.47. The van der Waals surface area contributed by atoms with Crippen molar-refractivity contribution in [3.8, 4) is 0 Å². The molecule has 1 aliphatic carbocycles. The first kappa shape index (κ1) is 19.4. The first-order valence-electron chi connectivity index (χ1n) is 10.2. The third-order valence-electron chi connectivity index (χ3n) is 5.72. The highest BCUT2D eigenvalue weighted by atomic mass is 16.2. The fourth-order valence-electron chi connectivity index (χ4n) is 3.76. The van der Waals surface area contributed by atoms with Gasteiger partial charge in [-0.25, -0.2) is 9.97 Å². The number of nitrogens with one attached hydrogen (secondary N) is 1. The predicted molar refractivity (Wildman–Crippen MR) is 112 cm³/mol. The van der Waals surface area contributed by atoms with E-state index in [1.807, 2.05) is 29.2 Å². The fraction of sp³-hybridized carbons (Fsp3) is 0.455. The van der Waals surface area contributed by atoms with Gasteiger partial charge < -0.3 is 15.1 Å². The van der Waals surface area contributed by atoms with Crippen LogP contribution in [-0.4, -0.2) is 52.9 Å². The molecule has 0 bridgehead atoms. The van der Waals surface area contributed by atoms with Crippen molar-refractivity contribution in [2.45, 2.75) is 26.2 Å². The van der Waals surface area contributed by atoms with Crippen molar-refractivity contribution in [1.82, 2.24) is 14.9 Å². The first-order chi connectivity index (χ1) is 14.0. The topological polar surface area (TPSA) is 78.4 Å². The fourth-order valence-corrected chi connectivity index (χ4v) is 3.76. The smallest absolute Gasteiger partial charge is 0.228 e. The number of hydrogen-bond donors (Lipinski definition) is 1. The average molecular weight is 393 g/mol. The molecule has 0 radical (unpaired) electrons. The van der Waals surface area contributed by atoms with Crippen LogP contribution in [0.1, 0.15) is 31.7 Å². The Labute approximate surface area is 171 Å². The molecule has 2 aromatic rings. The molecule has 1 aromatic heterocycles. The van der Waals surface area contributed by atoms with Gasteiger partial charge in [-0.05, 0) is 36.1 Å². The summed E-state index contributed by atoms with van der Waals surface area (Å²) < 4.78 is 0. The Bertz CT molecular complexity index is 861. The molecule has 2 unspecified atom stereocenters. The first-order valence-corrected chi connectivity index (χ1v) is 10.2. The highest BCUT2D eigenvalue weighted by Gasteiger charge is 2.49. The number of benzene rings is 1. The summed E-state index contributed by atoms with van der Waals surface area (Å²) in [6.07, 6.45) is 4.09. The van der Waals surface area contributed by atoms with E-state index in [-0.39, 0.29) is 23.7 Å². The number of piperazine rings is 1. The Morgan fingerprint density at radius 2 is 1.66 bits per heavy atom. The number of anilines is 2. The summed E-state index contributed by atoms with van der Waals surface area (Å²) in [5.74, 6) is 0.781. The molecule has 152 valence electrons. The normalized spacial score (nSPS) is 21.2. The molecule has 7 nitrogen and oxygen atoms in total. The second-order valence-electron chi connectivity index (χ2n) is 8.08. The van der Waals surface area contributed by atoms with Gasteiger partial charge in [-0.2, -0.15) is 0 Å². The Hall–Kier alpha value is -2.96. The van der Waals surface area contributed by atoms with Crippen molar-refractivity contribution in [3.63, 3.8) is 0 Å². The van der Waals surface area contributed by atoms with Crippen LogP contribution in [-0.2, 0) is 9.59 Å². The molecule has 7 heteroatoms. The number of hydrogen-bond acceptors (Lipinski definition) is 5. The van der Waals surface area contributed by atoms with E-state index in [9.17, 15) is 9.59 Å². The van der Waals surface area contributed by atoms with Crippen LogP contribution in [0.2, 0.25) is 0 Å². The van der Waals surface area contributed by atoms with Gasteiger partial charge in [-0.15, -0.1) is 0 Å². The summed E-state index contributed by atoms with van der Waals surface area (Å²) >= 11 is 0. The van der Waals surface area contributed by atoms with Crippen molar-refractivity contribution in [3.05, 3.63) is 48.3 Å². The Balaban J connectivity index is 1.26. The number of amides is 2. The minimum absolute atomic E-state index is 0.0584. The maximum absolute atomic E-state index is 12.8. The van der Waals surface area contributed by atoms with Gasteiger partial charge in [-0.3, -0.25) is 9.59 Å². The largest absolute Gasteiger partial charge is 0.339 e. The quantitative estimate of drug-likeness (QED) is 0.845. The van der Waals surface area contributed by atoms with Crippen LogP contribution in [0.4, 0.5) is 11.6 Å². The van der Waals surface area contributed by atoms with Gasteiger partial charge in [0.15, 0.2) is 0 Å². The van der Waals surface area contributed by atoms with Crippen molar-refractivity contribution in [2.24, 2.45) is 11.8 Å². The molecule has 2 aliphatic rings. The third kappa shape index (κ3) is 4.39. The van der Waals surface area contributed by atoms with Crippen LogP contribution >= 0.6 is 0 Å². The molecule has 0 spiro atoms. The highest BCUT2D eigenvalue weighted by Crippen LogP contribution is 2.41. The number of carbonyl (C=O) groups excluding carboxylic acids is 2. The molecule has 1 aromatic carbocycles. The molecule has 4 rings (SSSR count). The molecule has 29 heavy (non-hydrogen) atoms. The van der Waals surface area contributed by atoms with Gasteiger partial charge in [0.1, 0.15) is 0 Å². The molecule has 2 heterocycles. The van der Waals surface area contributed by atoms with Gasteiger partial charge in [0.05, 0.1) is 11.8 Å². The summed E-state index contributed by atoms with van der Waals surface area (Å²) in [6.45, 7) is 6.97. The van der Waals surface area contributed by atoms with Crippen molar-refractivity contribution in [2.75, 3.05) is 36.4 Å². The van der Waals surface area contributed by atoms with Crippen LogP contribution in [0.5, 0.6) is 0 Å². The lowest BCUT2D eigenvalue weighted by Gasteiger charge is -2.34. The lowest BCUT2D eigenvalue weighted by atomic mass is 10.0. The standard InChI is InChI=1S/C22H27N5O2/c1-15(2)16-4-6-17(7-5-16)25-20(28)18-14-19(18)21(29)26-10-12-27(13-11-26)22-23-8-3-9-24-22/h3-9,15,18-19H,10-14H2,1-2H3,(H,25,28). The van der Waals surface area contributed by atoms with E-state index in [4.69, 9.17) is 0 Å². The van der Waals surface area contributed by atoms with Gasteiger partial charge in [0, 0.05) is 44.3 Å². The van der Waals surface area contributed by atoms with E-state index in [0.29, 0.717) is 44.5 Å². The van der Waals surface area contributed by atoms with E-state index in [2.05, 4.69) is 34.0 Å². The third-order valence-corrected chi connectivity index (χ3v) is 5.72.